The highest BCUT2D eigenvalue weighted by Crippen LogP contribution is 2.37. The van der Waals surface area contributed by atoms with E-state index >= 15 is 0 Å². The van der Waals surface area contributed by atoms with Crippen LogP contribution in [0.5, 0.6) is 23.0 Å². The van der Waals surface area contributed by atoms with Gasteiger partial charge in [-0.3, -0.25) is 9.78 Å². The van der Waals surface area contributed by atoms with Gasteiger partial charge in [-0.25, -0.2) is 9.18 Å². The van der Waals surface area contributed by atoms with Gasteiger partial charge in [0.1, 0.15) is 17.3 Å². The van der Waals surface area contributed by atoms with Crippen LogP contribution in [0, 0.1) is 5.82 Å². The number of rotatable bonds is 6. The maximum absolute atomic E-state index is 14.1. The van der Waals surface area contributed by atoms with E-state index in [-0.39, 0.29) is 5.75 Å². The zero-order chi connectivity index (χ0) is 19.6. The summed E-state index contributed by atoms with van der Waals surface area (Å²) in [4.78, 5) is 26.4. The molecule has 0 bridgehead atoms. The SMILES string of the molecule is COc1cc2nccc(Oc3ccc(C(=O)C(=O)O)c(F)c3)c2cc1OC. The third-order valence-electron chi connectivity index (χ3n) is 3.81. The van der Waals surface area contributed by atoms with Crippen LogP contribution in [0.1, 0.15) is 10.4 Å². The number of nitrogens with zero attached hydrogens (tertiary/aromatic N) is 1. The molecule has 8 heteroatoms. The highest BCUT2D eigenvalue weighted by Gasteiger charge is 2.19. The van der Waals surface area contributed by atoms with Crippen molar-refractivity contribution in [3.05, 3.63) is 54.0 Å². The highest BCUT2D eigenvalue weighted by molar-refractivity contribution is 6.39. The number of hydrogen-bond donors (Lipinski definition) is 1. The van der Waals surface area contributed by atoms with Crippen LogP contribution < -0.4 is 14.2 Å². The van der Waals surface area contributed by atoms with Crippen LogP contribution in [0.4, 0.5) is 4.39 Å². The van der Waals surface area contributed by atoms with E-state index in [9.17, 15) is 14.0 Å². The summed E-state index contributed by atoms with van der Waals surface area (Å²) in [5.41, 5.74) is 0.0316. The summed E-state index contributed by atoms with van der Waals surface area (Å²) < 4.78 is 30.3. The van der Waals surface area contributed by atoms with Gasteiger partial charge < -0.3 is 19.3 Å². The lowest BCUT2D eigenvalue weighted by atomic mass is 10.1. The van der Waals surface area contributed by atoms with E-state index in [1.165, 1.54) is 26.5 Å². The van der Waals surface area contributed by atoms with Gasteiger partial charge in [-0.05, 0) is 24.3 Å². The van der Waals surface area contributed by atoms with Crippen molar-refractivity contribution in [2.45, 2.75) is 0 Å². The number of fused-ring (bicyclic) bond motifs is 1. The van der Waals surface area contributed by atoms with Crippen molar-refractivity contribution < 1.29 is 33.3 Å². The van der Waals surface area contributed by atoms with E-state index in [1.54, 1.807) is 18.2 Å². The summed E-state index contributed by atoms with van der Waals surface area (Å²) in [5, 5.41) is 9.30. The first-order valence-corrected chi connectivity index (χ1v) is 7.70. The van der Waals surface area contributed by atoms with Gasteiger partial charge in [0.2, 0.25) is 0 Å². The second-order valence-electron chi connectivity index (χ2n) is 5.41. The quantitative estimate of drug-likeness (QED) is 0.524. The minimum absolute atomic E-state index is 0.0942. The maximum Gasteiger partial charge on any atom is 0.377 e. The number of Topliss-reactive ketones (excluding diaryl/α,β-unsaturated/α-hetero) is 1. The van der Waals surface area contributed by atoms with Crippen molar-refractivity contribution in [1.29, 1.82) is 0 Å². The Morgan fingerprint density at radius 2 is 1.70 bits per heavy atom. The van der Waals surface area contributed by atoms with E-state index in [2.05, 4.69) is 4.98 Å². The van der Waals surface area contributed by atoms with Crippen molar-refractivity contribution in [2.75, 3.05) is 14.2 Å². The van der Waals surface area contributed by atoms with E-state index in [1.807, 2.05) is 0 Å². The smallest absolute Gasteiger partial charge is 0.377 e. The summed E-state index contributed by atoms with van der Waals surface area (Å²) in [7, 11) is 3.00. The molecule has 0 aliphatic heterocycles. The van der Waals surface area contributed by atoms with Crippen LogP contribution >= 0.6 is 0 Å². The molecule has 0 fully saturated rings. The second kappa shape index (κ2) is 7.28. The monoisotopic (exact) mass is 371 g/mol. The third-order valence-corrected chi connectivity index (χ3v) is 3.81. The van der Waals surface area contributed by atoms with Crippen molar-refractivity contribution in [3.8, 4) is 23.0 Å². The lowest BCUT2D eigenvalue weighted by Crippen LogP contribution is -2.14. The maximum atomic E-state index is 14.1. The topological polar surface area (TPSA) is 95.0 Å². The first kappa shape index (κ1) is 18.1. The molecule has 0 saturated carbocycles. The molecule has 0 unspecified atom stereocenters. The Morgan fingerprint density at radius 1 is 1.00 bits per heavy atom. The number of aromatic nitrogens is 1. The first-order valence-electron chi connectivity index (χ1n) is 7.70. The van der Waals surface area contributed by atoms with Crippen molar-refractivity contribution in [3.63, 3.8) is 0 Å². The predicted molar refractivity (Wildman–Crippen MR) is 93.3 cm³/mol. The molecule has 1 heterocycles. The number of carboxylic acid groups (broad SMARTS) is 1. The fourth-order valence-corrected chi connectivity index (χ4v) is 2.52. The summed E-state index contributed by atoms with van der Waals surface area (Å²) in [6, 6.07) is 8.26. The molecule has 7 nitrogen and oxygen atoms in total. The molecule has 0 aliphatic rings. The molecular weight excluding hydrogens is 357 g/mol. The largest absolute Gasteiger partial charge is 0.493 e. The molecule has 1 aromatic heterocycles. The molecular formula is C19H14FNO6. The highest BCUT2D eigenvalue weighted by atomic mass is 19.1. The molecule has 0 amide bonds. The minimum atomic E-state index is -1.73. The van der Waals surface area contributed by atoms with Crippen LogP contribution in [0.3, 0.4) is 0 Å². The molecule has 0 saturated heterocycles. The van der Waals surface area contributed by atoms with Crippen LogP contribution in [0.25, 0.3) is 10.9 Å². The van der Waals surface area contributed by atoms with Gasteiger partial charge in [0.05, 0.1) is 25.3 Å². The van der Waals surface area contributed by atoms with Gasteiger partial charge in [0, 0.05) is 23.7 Å². The molecule has 3 rings (SSSR count). The molecule has 0 spiro atoms. The van der Waals surface area contributed by atoms with E-state index in [4.69, 9.17) is 19.3 Å². The van der Waals surface area contributed by atoms with Crippen LogP contribution in [0.15, 0.2) is 42.6 Å². The van der Waals surface area contributed by atoms with Gasteiger partial charge in [-0.15, -0.1) is 0 Å². The summed E-state index contributed by atoms with van der Waals surface area (Å²) in [6.07, 6.45) is 1.52. The molecule has 2 aromatic carbocycles. The number of ether oxygens (including phenoxy) is 3. The summed E-state index contributed by atoms with van der Waals surface area (Å²) in [6.45, 7) is 0. The van der Waals surface area contributed by atoms with E-state index in [0.717, 1.165) is 12.1 Å². The van der Waals surface area contributed by atoms with Gasteiger partial charge in [-0.1, -0.05) is 0 Å². The van der Waals surface area contributed by atoms with Gasteiger partial charge in [0.15, 0.2) is 11.5 Å². The molecule has 0 aliphatic carbocycles. The Bertz CT molecular complexity index is 1050. The Kier molecular flexibility index (Phi) is 4.89. The van der Waals surface area contributed by atoms with E-state index < -0.39 is 23.1 Å². The third kappa shape index (κ3) is 3.50. The van der Waals surface area contributed by atoms with Crippen LogP contribution in [-0.2, 0) is 4.79 Å². The number of carbonyl (C=O) groups excluding carboxylic acids is 1. The van der Waals surface area contributed by atoms with Crippen molar-refractivity contribution in [2.24, 2.45) is 0 Å². The zero-order valence-electron chi connectivity index (χ0n) is 14.4. The van der Waals surface area contributed by atoms with Crippen molar-refractivity contribution >= 4 is 22.7 Å². The van der Waals surface area contributed by atoms with Gasteiger partial charge in [0.25, 0.3) is 5.78 Å². The van der Waals surface area contributed by atoms with Crippen LogP contribution in [-0.4, -0.2) is 36.1 Å². The normalized spacial score (nSPS) is 10.5. The number of carboxylic acids is 1. The number of ketones is 1. The van der Waals surface area contributed by atoms with Gasteiger partial charge in [-0.2, -0.15) is 0 Å². The zero-order valence-corrected chi connectivity index (χ0v) is 14.4. The average Bonchev–Trinajstić information content (AvgIpc) is 2.66. The molecule has 1 N–H and O–H groups in total. The Balaban J connectivity index is 2.00. The fraction of sp³-hybridized carbons (Fsp3) is 0.105. The second-order valence-corrected chi connectivity index (χ2v) is 5.41. The number of carbonyl (C=O) groups is 2. The Hall–Kier alpha value is -3.68. The minimum Gasteiger partial charge on any atom is -0.493 e. The number of methoxy groups -OCH3 is 2. The number of halogens is 1. The summed E-state index contributed by atoms with van der Waals surface area (Å²) in [5.74, 6) is -2.62. The molecule has 27 heavy (non-hydrogen) atoms. The molecule has 138 valence electrons. The number of hydrogen-bond acceptors (Lipinski definition) is 6. The average molecular weight is 371 g/mol. The Labute approximate surface area is 152 Å². The lowest BCUT2D eigenvalue weighted by molar-refractivity contribution is -0.131. The molecule has 0 radical (unpaired) electrons. The van der Waals surface area contributed by atoms with Crippen molar-refractivity contribution in [1.82, 2.24) is 4.98 Å². The first-order chi connectivity index (χ1) is 12.9. The van der Waals surface area contributed by atoms with Gasteiger partial charge >= 0.3 is 5.97 Å². The molecule has 3 aromatic rings. The number of pyridine rings is 1. The summed E-state index contributed by atoms with van der Waals surface area (Å²) >= 11 is 0. The standard InChI is InChI=1S/C19H14FNO6/c1-25-16-8-12-14(9-17(16)26-2)21-6-5-15(12)27-10-3-4-11(13(20)7-10)18(22)19(23)24/h3-9H,1-2H3,(H,23,24). The number of benzene rings is 2. The van der Waals surface area contributed by atoms with Crippen LogP contribution in [0.2, 0.25) is 0 Å². The molecule has 0 atom stereocenters. The number of aliphatic carboxylic acids is 1. The Morgan fingerprint density at radius 3 is 2.33 bits per heavy atom. The predicted octanol–water partition coefficient (Wildman–Crippen LogP) is 3.45. The lowest BCUT2D eigenvalue weighted by Gasteiger charge is -2.12. The van der Waals surface area contributed by atoms with E-state index in [0.29, 0.717) is 28.2 Å². The fourth-order valence-electron chi connectivity index (χ4n) is 2.52.